The summed E-state index contributed by atoms with van der Waals surface area (Å²) in [5.74, 6) is -4.40. The molecule has 3 unspecified atom stereocenters. The zero-order chi connectivity index (χ0) is 24.1. The van der Waals surface area contributed by atoms with Crippen molar-refractivity contribution in [2.24, 2.45) is 17.2 Å². The van der Waals surface area contributed by atoms with Crippen LogP contribution in [0.1, 0.15) is 31.4 Å². The zero-order valence-corrected chi connectivity index (χ0v) is 17.5. The van der Waals surface area contributed by atoms with Gasteiger partial charge < -0.3 is 43.2 Å². The van der Waals surface area contributed by atoms with Gasteiger partial charge in [0.2, 0.25) is 23.6 Å². The van der Waals surface area contributed by atoms with Crippen LogP contribution < -0.4 is 33.2 Å². The topological polar surface area (TPSA) is 248 Å². The first-order valence-corrected chi connectivity index (χ1v) is 9.95. The van der Waals surface area contributed by atoms with Gasteiger partial charge in [-0.2, -0.15) is 0 Å². The lowest BCUT2D eigenvalue weighted by molar-refractivity contribution is -0.143. The molecule has 0 bridgehead atoms. The summed E-state index contributed by atoms with van der Waals surface area (Å²) in [6.45, 7) is -0.0776. The van der Waals surface area contributed by atoms with Crippen LogP contribution in [-0.2, 0) is 30.4 Å². The van der Waals surface area contributed by atoms with Crippen LogP contribution in [0.2, 0.25) is 0 Å². The van der Waals surface area contributed by atoms with Crippen molar-refractivity contribution in [1.29, 1.82) is 0 Å². The Hall–Kier alpha value is -3.52. The second kappa shape index (κ2) is 13.7. The molecule has 178 valence electrons. The Labute approximate surface area is 184 Å². The van der Waals surface area contributed by atoms with Crippen molar-refractivity contribution >= 4 is 29.6 Å². The molecular weight excluding hydrogens is 424 g/mol. The van der Waals surface area contributed by atoms with E-state index in [0.29, 0.717) is 25.1 Å². The van der Waals surface area contributed by atoms with Gasteiger partial charge in [0.1, 0.15) is 12.1 Å². The minimum absolute atomic E-state index is 0.172. The SMILES string of the molecule is NCCCCC(NC(=O)CNC(=O)C(N)Cc1cnc[nH]1)C(=O)NC(CC(N)=O)C(=O)O. The second-order valence-electron chi connectivity index (χ2n) is 7.08. The summed E-state index contributed by atoms with van der Waals surface area (Å²) in [5.41, 5.74) is 16.9. The van der Waals surface area contributed by atoms with Crippen LogP contribution in [-0.4, -0.2) is 75.9 Å². The fourth-order valence-corrected chi connectivity index (χ4v) is 2.70. The number of hydrogen-bond donors (Lipinski definition) is 8. The maximum Gasteiger partial charge on any atom is 0.326 e. The monoisotopic (exact) mass is 454 g/mol. The largest absolute Gasteiger partial charge is 0.480 e. The van der Waals surface area contributed by atoms with Crippen LogP contribution in [0.4, 0.5) is 0 Å². The van der Waals surface area contributed by atoms with E-state index in [2.05, 4.69) is 25.9 Å². The maximum absolute atomic E-state index is 12.5. The van der Waals surface area contributed by atoms with Crippen molar-refractivity contribution in [3.63, 3.8) is 0 Å². The Morgan fingerprint density at radius 1 is 1.09 bits per heavy atom. The molecule has 0 spiro atoms. The van der Waals surface area contributed by atoms with Gasteiger partial charge in [-0.05, 0) is 25.8 Å². The molecule has 1 heterocycles. The molecule has 0 radical (unpaired) electrons. The molecule has 0 aromatic carbocycles. The van der Waals surface area contributed by atoms with E-state index < -0.39 is 60.7 Å². The van der Waals surface area contributed by atoms with Crippen molar-refractivity contribution in [3.8, 4) is 0 Å². The molecule has 0 aliphatic carbocycles. The van der Waals surface area contributed by atoms with Gasteiger partial charge in [-0.3, -0.25) is 19.2 Å². The fourth-order valence-electron chi connectivity index (χ4n) is 2.70. The molecule has 1 rings (SSSR count). The number of aromatic nitrogens is 2. The molecule has 3 atom stereocenters. The van der Waals surface area contributed by atoms with Gasteiger partial charge in [0, 0.05) is 18.3 Å². The van der Waals surface area contributed by atoms with Gasteiger partial charge in [-0.25, -0.2) is 9.78 Å². The second-order valence-corrected chi connectivity index (χ2v) is 7.08. The first-order valence-electron chi connectivity index (χ1n) is 9.95. The number of nitrogens with two attached hydrogens (primary N) is 3. The normalized spacial score (nSPS) is 13.4. The number of H-pyrrole nitrogens is 1. The molecule has 0 saturated carbocycles. The van der Waals surface area contributed by atoms with Crippen LogP contribution in [0, 0.1) is 0 Å². The molecule has 11 N–H and O–H groups in total. The zero-order valence-electron chi connectivity index (χ0n) is 17.5. The number of aliphatic carboxylic acids is 1. The van der Waals surface area contributed by atoms with E-state index in [9.17, 15) is 24.0 Å². The predicted molar refractivity (Wildman–Crippen MR) is 111 cm³/mol. The lowest BCUT2D eigenvalue weighted by Gasteiger charge is -2.21. The maximum atomic E-state index is 12.5. The van der Waals surface area contributed by atoms with E-state index in [-0.39, 0.29) is 12.8 Å². The number of carboxylic acids is 1. The van der Waals surface area contributed by atoms with Gasteiger partial charge in [-0.15, -0.1) is 0 Å². The number of unbranched alkanes of at least 4 members (excludes halogenated alkanes) is 1. The Bertz CT molecular complexity index is 784. The molecule has 14 heteroatoms. The van der Waals surface area contributed by atoms with E-state index in [4.69, 9.17) is 22.3 Å². The number of imidazole rings is 1. The number of primary amides is 1. The summed E-state index contributed by atoms with van der Waals surface area (Å²) in [6, 6.07) is -3.55. The van der Waals surface area contributed by atoms with Crippen molar-refractivity contribution in [3.05, 3.63) is 18.2 Å². The Kier molecular flexibility index (Phi) is 11.4. The number of aromatic amines is 1. The quantitative estimate of drug-likeness (QED) is 0.122. The van der Waals surface area contributed by atoms with Gasteiger partial charge in [0.15, 0.2) is 0 Å². The summed E-state index contributed by atoms with van der Waals surface area (Å²) in [6.07, 6.45) is 3.77. The first kappa shape index (κ1) is 26.5. The highest BCUT2D eigenvalue weighted by molar-refractivity contribution is 5.93. The highest BCUT2D eigenvalue weighted by Crippen LogP contribution is 2.03. The summed E-state index contributed by atoms with van der Waals surface area (Å²) in [7, 11) is 0. The number of hydrogen-bond acceptors (Lipinski definition) is 8. The number of carboxylic acid groups (broad SMARTS) is 1. The predicted octanol–water partition coefficient (Wildman–Crippen LogP) is -3.55. The van der Waals surface area contributed by atoms with Crippen molar-refractivity contribution in [2.45, 2.75) is 50.2 Å². The average Bonchev–Trinajstić information content (AvgIpc) is 3.23. The smallest absolute Gasteiger partial charge is 0.326 e. The number of nitrogens with zero attached hydrogens (tertiary/aromatic N) is 1. The van der Waals surface area contributed by atoms with Gasteiger partial charge in [0.25, 0.3) is 0 Å². The number of amides is 4. The molecule has 0 saturated heterocycles. The third kappa shape index (κ3) is 9.99. The minimum atomic E-state index is -1.53. The third-order valence-electron chi connectivity index (χ3n) is 4.37. The summed E-state index contributed by atoms with van der Waals surface area (Å²) in [4.78, 5) is 65.7. The van der Waals surface area contributed by atoms with E-state index in [1.54, 1.807) is 0 Å². The molecule has 0 aliphatic rings. The molecule has 1 aromatic rings. The van der Waals surface area contributed by atoms with Crippen molar-refractivity contribution in [1.82, 2.24) is 25.9 Å². The molecule has 14 nitrogen and oxygen atoms in total. The van der Waals surface area contributed by atoms with Crippen LogP contribution >= 0.6 is 0 Å². The number of rotatable bonds is 15. The summed E-state index contributed by atoms with van der Waals surface area (Å²) in [5, 5.41) is 16.1. The molecule has 0 aliphatic heterocycles. The van der Waals surface area contributed by atoms with Gasteiger partial charge in [-0.1, -0.05) is 0 Å². The van der Waals surface area contributed by atoms with Crippen LogP contribution in [0.15, 0.2) is 12.5 Å². The number of nitrogens with one attached hydrogen (secondary N) is 4. The molecule has 32 heavy (non-hydrogen) atoms. The minimum Gasteiger partial charge on any atom is -0.480 e. The molecule has 4 amide bonds. The molecule has 0 fully saturated rings. The number of carbonyl (C=O) groups excluding carboxylic acids is 4. The third-order valence-corrected chi connectivity index (χ3v) is 4.37. The van der Waals surface area contributed by atoms with E-state index in [1.807, 2.05) is 0 Å². The Morgan fingerprint density at radius 3 is 2.38 bits per heavy atom. The van der Waals surface area contributed by atoms with Crippen molar-refractivity contribution < 1.29 is 29.1 Å². The van der Waals surface area contributed by atoms with E-state index in [1.165, 1.54) is 12.5 Å². The van der Waals surface area contributed by atoms with E-state index >= 15 is 0 Å². The molecule has 1 aromatic heterocycles. The Morgan fingerprint density at radius 2 is 1.81 bits per heavy atom. The van der Waals surface area contributed by atoms with E-state index in [0.717, 1.165) is 0 Å². The van der Waals surface area contributed by atoms with Gasteiger partial charge >= 0.3 is 5.97 Å². The average molecular weight is 454 g/mol. The van der Waals surface area contributed by atoms with Gasteiger partial charge in [0.05, 0.1) is 25.3 Å². The van der Waals surface area contributed by atoms with Crippen LogP contribution in [0.3, 0.4) is 0 Å². The van der Waals surface area contributed by atoms with Crippen molar-refractivity contribution in [2.75, 3.05) is 13.1 Å². The Balaban J connectivity index is 2.64. The first-order chi connectivity index (χ1) is 15.1. The highest BCUT2D eigenvalue weighted by Gasteiger charge is 2.27. The van der Waals surface area contributed by atoms with Crippen LogP contribution in [0.25, 0.3) is 0 Å². The summed E-state index contributed by atoms with van der Waals surface area (Å²) < 4.78 is 0. The summed E-state index contributed by atoms with van der Waals surface area (Å²) >= 11 is 0. The lowest BCUT2D eigenvalue weighted by Crippen LogP contribution is -2.54. The van der Waals surface area contributed by atoms with Crippen LogP contribution in [0.5, 0.6) is 0 Å². The lowest BCUT2D eigenvalue weighted by atomic mass is 10.1. The number of carbonyl (C=O) groups is 5. The highest BCUT2D eigenvalue weighted by atomic mass is 16.4. The standard InChI is InChI=1S/C18H30N8O6/c19-4-2-1-3-12(17(30)26-13(18(31)32)6-14(21)27)25-15(28)8-23-16(29)11(20)5-10-7-22-9-24-10/h7,9,11-13H,1-6,8,19-20H2,(H2,21,27)(H,22,24)(H,23,29)(H,25,28)(H,26,30)(H,31,32). The fraction of sp³-hybridized carbons (Fsp3) is 0.556. The molecular formula is C18H30N8O6.